The zero-order valence-electron chi connectivity index (χ0n) is 7.43. The number of hydrogen-bond donors (Lipinski definition) is 0. The van der Waals surface area contributed by atoms with Crippen LogP contribution in [0.5, 0.6) is 5.06 Å². The second kappa shape index (κ2) is 3.00. The minimum atomic E-state index is -0.159. The largest absolute Gasteiger partial charge is 0.487 e. The van der Waals surface area contributed by atoms with E-state index in [9.17, 15) is 4.39 Å². The number of benzene rings is 1. The van der Waals surface area contributed by atoms with Crippen molar-refractivity contribution in [2.45, 2.75) is 6.92 Å². The molecular weight excluding hydrogens is 187 g/mol. The number of halogens is 1. The Labute approximate surface area is 79.8 Å². The monoisotopic (exact) mass is 196 g/mol. The first-order chi connectivity index (χ1) is 6.20. The maximum atomic E-state index is 13.1. The lowest BCUT2D eigenvalue weighted by molar-refractivity contribution is 0.427. The van der Waals surface area contributed by atoms with Crippen LogP contribution in [0.15, 0.2) is 18.2 Å². The fourth-order valence-corrected chi connectivity index (χ4v) is 2.19. The van der Waals surface area contributed by atoms with Gasteiger partial charge in [-0.05, 0) is 36.1 Å². The number of fused-ring (bicyclic) bond motifs is 1. The quantitative estimate of drug-likeness (QED) is 0.679. The van der Waals surface area contributed by atoms with Gasteiger partial charge in [-0.15, -0.1) is 0 Å². The van der Waals surface area contributed by atoms with Gasteiger partial charge in [0, 0.05) is 4.70 Å². The summed E-state index contributed by atoms with van der Waals surface area (Å²) in [6.07, 6.45) is 0. The van der Waals surface area contributed by atoms with Crippen LogP contribution < -0.4 is 4.74 Å². The second-order valence-corrected chi connectivity index (χ2v) is 3.96. The molecule has 0 saturated carbocycles. The van der Waals surface area contributed by atoms with Gasteiger partial charge >= 0.3 is 0 Å². The lowest BCUT2D eigenvalue weighted by atomic mass is 10.2. The van der Waals surface area contributed by atoms with Crippen LogP contribution in [0.25, 0.3) is 10.1 Å². The summed E-state index contributed by atoms with van der Waals surface area (Å²) in [5.74, 6) is -0.159. The lowest BCUT2D eigenvalue weighted by Crippen LogP contribution is -1.78. The van der Waals surface area contributed by atoms with Gasteiger partial charge in [-0.25, -0.2) is 4.39 Å². The van der Waals surface area contributed by atoms with Crippen LogP contribution in [0, 0.1) is 12.7 Å². The normalized spacial score (nSPS) is 10.7. The predicted octanol–water partition coefficient (Wildman–Crippen LogP) is 3.36. The van der Waals surface area contributed by atoms with Crippen LogP contribution in [0.1, 0.15) is 5.56 Å². The Bertz CT molecular complexity index is 408. The average molecular weight is 196 g/mol. The molecule has 0 unspecified atom stereocenters. The fraction of sp³-hybridized carbons (Fsp3) is 0.200. The molecule has 0 aliphatic carbocycles. The Morgan fingerprint density at radius 3 is 2.77 bits per heavy atom. The molecule has 0 fully saturated rings. The summed E-state index contributed by atoms with van der Waals surface area (Å²) in [5.41, 5.74) is 0.678. The highest BCUT2D eigenvalue weighted by Gasteiger charge is 2.05. The zero-order valence-corrected chi connectivity index (χ0v) is 8.24. The minimum Gasteiger partial charge on any atom is -0.487 e. The molecule has 0 aliphatic rings. The standard InChI is InChI=1S/C10H9FOS/c1-6-3-9-7(4-8(6)11)5-10(12-2)13-9/h3-5H,1-2H3. The number of rotatable bonds is 1. The topological polar surface area (TPSA) is 9.23 Å². The van der Waals surface area contributed by atoms with Crippen molar-refractivity contribution in [1.82, 2.24) is 0 Å². The van der Waals surface area contributed by atoms with Crippen molar-refractivity contribution in [2.24, 2.45) is 0 Å². The maximum Gasteiger partial charge on any atom is 0.174 e. The molecular formula is C10H9FOS. The summed E-state index contributed by atoms with van der Waals surface area (Å²) in [5, 5.41) is 1.73. The van der Waals surface area contributed by atoms with Crippen molar-refractivity contribution in [2.75, 3.05) is 7.11 Å². The molecule has 0 amide bonds. The fourth-order valence-electron chi connectivity index (χ4n) is 1.24. The van der Waals surface area contributed by atoms with Crippen molar-refractivity contribution in [3.63, 3.8) is 0 Å². The van der Waals surface area contributed by atoms with Crippen molar-refractivity contribution in [1.29, 1.82) is 0 Å². The molecule has 1 aromatic carbocycles. The van der Waals surface area contributed by atoms with E-state index >= 15 is 0 Å². The molecule has 0 saturated heterocycles. The molecule has 1 heterocycles. The van der Waals surface area contributed by atoms with E-state index in [-0.39, 0.29) is 5.82 Å². The van der Waals surface area contributed by atoms with Gasteiger partial charge < -0.3 is 4.74 Å². The molecule has 0 radical (unpaired) electrons. The summed E-state index contributed by atoms with van der Waals surface area (Å²) in [6, 6.07) is 5.24. The number of ether oxygens (including phenoxy) is 1. The molecule has 1 nitrogen and oxygen atoms in total. The van der Waals surface area contributed by atoms with Crippen molar-refractivity contribution >= 4 is 21.4 Å². The molecule has 0 aliphatic heterocycles. The maximum absolute atomic E-state index is 13.1. The Balaban J connectivity index is 2.70. The van der Waals surface area contributed by atoms with Gasteiger partial charge in [-0.1, -0.05) is 11.3 Å². The van der Waals surface area contributed by atoms with E-state index in [0.717, 1.165) is 15.1 Å². The third-order valence-electron chi connectivity index (χ3n) is 1.98. The van der Waals surface area contributed by atoms with E-state index in [1.807, 2.05) is 12.1 Å². The highest BCUT2D eigenvalue weighted by Crippen LogP contribution is 2.32. The molecule has 0 spiro atoms. The summed E-state index contributed by atoms with van der Waals surface area (Å²) in [7, 11) is 1.62. The van der Waals surface area contributed by atoms with Gasteiger partial charge in [0.1, 0.15) is 5.82 Å². The van der Waals surface area contributed by atoms with Crippen LogP contribution in [0.3, 0.4) is 0 Å². The van der Waals surface area contributed by atoms with Crippen molar-refractivity contribution in [3.05, 3.63) is 29.6 Å². The van der Waals surface area contributed by atoms with E-state index < -0.39 is 0 Å². The van der Waals surface area contributed by atoms with Gasteiger partial charge in [-0.2, -0.15) is 0 Å². The smallest absolute Gasteiger partial charge is 0.174 e. The molecule has 13 heavy (non-hydrogen) atoms. The van der Waals surface area contributed by atoms with Crippen molar-refractivity contribution in [3.8, 4) is 5.06 Å². The second-order valence-electron chi connectivity index (χ2n) is 2.91. The SMILES string of the molecule is COc1cc2cc(F)c(C)cc2s1. The summed E-state index contributed by atoms with van der Waals surface area (Å²) < 4.78 is 19.3. The number of aryl methyl sites for hydroxylation is 1. The number of hydrogen-bond acceptors (Lipinski definition) is 2. The molecule has 68 valence electrons. The summed E-state index contributed by atoms with van der Waals surface area (Å²) in [4.78, 5) is 0. The lowest BCUT2D eigenvalue weighted by Gasteiger charge is -1.94. The molecule has 3 heteroatoms. The van der Waals surface area contributed by atoms with Crippen LogP contribution in [0.2, 0.25) is 0 Å². The van der Waals surface area contributed by atoms with Gasteiger partial charge in [0.2, 0.25) is 0 Å². The molecule has 0 atom stereocenters. The summed E-state index contributed by atoms with van der Waals surface area (Å²) in [6.45, 7) is 1.76. The van der Waals surface area contributed by atoms with Gasteiger partial charge in [-0.3, -0.25) is 0 Å². The van der Waals surface area contributed by atoms with Crippen LogP contribution >= 0.6 is 11.3 Å². The Morgan fingerprint density at radius 1 is 1.31 bits per heavy atom. The van der Waals surface area contributed by atoms with E-state index in [0.29, 0.717) is 5.56 Å². The van der Waals surface area contributed by atoms with Crippen LogP contribution in [0.4, 0.5) is 4.39 Å². The molecule has 0 N–H and O–H groups in total. The summed E-state index contributed by atoms with van der Waals surface area (Å²) >= 11 is 1.53. The third kappa shape index (κ3) is 1.40. The van der Waals surface area contributed by atoms with E-state index in [2.05, 4.69) is 0 Å². The highest BCUT2D eigenvalue weighted by atomic mass is 32.1. The van der Waals surface area contributed by atoms with E-state index in [1.54, 1.807) is 20.1 Å². The number of methoxy groups -OCH3 is 1. The first kappa shape index (κ1) is 8.51. The van der Waals surface area contributed by atoms with Crippen LogP contribution in [-0.2, 0) is 0 Å². The molecule has 2 rings (SSSR count). The molecule has 1 aromatic heterocycles. The van der Waals surface area contributed by atoms with Gasteiger partial charge in [0.25, 0.3) is 0 Å². The Kier molecular flexibility index (Phi) is 1.96. The van der Waals surface area contributed by atoms with Gasteiger partial charge in [0.15, 0.2) is 5.06 Å². The van der Waals surface area contributed by atoms with Gasteiger partial charge in [0.05, 0.1) is 7.11 Å². The molecule has 2 aromatic rings. The molecule has 0 bridgehead atoms. The highest BCUT2D eigenvalue weighted by molar-refractivity contribution is 7.20. The Morgan fingerprint density at radius 2 is 2.08 bits per heavy atom. The van der Waals surface area contributed by atoms with E-state index in [1.165, 1.54) is 11.3 Å². The number of thiophene rings is 1. The first-order valence-electron chi connectivity index (χ1n) is 3.94. The minimum absolute atomic E-state index is 0.159. The predicted molar refractivity (Wildman–Crippen MR) is 53.1 cm³/mol. The van der Waals surface area contributed by atoms with Crippen LogP contribution in [-0.4, -0.2) is 7.11 Å². The average Bonchev–Trinajstić information content (AvgIpc) is 2.48. The zero-order chi connectivity index (χ0) is 9.42. The van der Waals surface area contributed by atoms with E-state index in [4.69, 9.17) is 4.74 Å². The third-order valence-corrected chi connectivity index (χ3v) is 3.04. The first-order valence-corrected chi connectivity index (χ1v) is 4.76. The Hall–Kier alpha value is -1.09. The van der Waals surface area contributed by atoms with Crippen molar-refractivity contribution < 1.29 is 9.13 Å².